The average molecular weight is 406 g/mol. The summed E-state index contributed by atoms with van der Waals surface area (Å²) in [6.07, 6.45) is 3.78. The second kappa shape index (κ2) is 8.31. The zero-order valence-electron chi connectivity index (χ0n) is 15.4. The van der Waals surface area contributed by atoms with Gasteiger partial charge in [-0.2, -0.15) is 0 Å². The molecule has 0 radical (unpaired) electrons. The highest BCUT2D eigenvalue weighted by atomic mass is 32.2. The summed E-state index contributed by atoms with van der Waals surface area (Å²) in [4.78, 5) is 18.5. The van der Waals surface area contributed by atoms with Gasteiger partial charge in [0.05, 0.1) is 22.0 Å². The van der Waals surface area contributed by atoms with E-state index < -0.39 is 10.0 Å². The number of anilines is 1. The molecule has 0 aliphatic carbocycles. The fourth-order valence-corrected chi connectivity index (χ4v) is 4.99. The molecule has 1 atom stereocenters. The lowest BCUT2D eigenvalue weighted by Gasteiger charge is -2.31. The van der Waals surface area contributed by atoms with Gasteiger partial charge in [0.25, 0.3) is 10.0 Å². The molecular weight excluding hydrogens is 382 g/mol. The van der Waals surface area contributed by atoms with Crippen LogP contribution in [0.4, 0.5) is 5.69 Å². The van der Waals surface area contributed by atoms with Crippen LogP contribution < -0.4 is 4.72 Å². The number of hydrogen-bond donors (Lipinski definition) is 1. The Morgan fingerprint density at radius 2 is 2.15 bits per heavy atom. The molecule has 0 unspecified atom stereocenters. The van der Waals surface area contributed by atoms with Crippen molar-refractivity contribution in [1.29, 1.82) is 0 Å². The maximum Gasteiger partial charge on any atom is 0.261 e. The lowest BCUT2D eigenvalue weighted by atomic mass is 10.00. The van der Waals surface area contributed by atoms with Crippen LogP contribution in [0.3, 0.4) is 0 Å². The molecule has 0 spiro atoms. The fraction of sp³-hybridized carbons (Fsp3) is 0.368. The second-order valence-corrected chi connectivity index (χ2v) is 9.69. The molecule has 2 aromatic rings. The molecule has 0 saturated carbocycles. The van der Waals surface area contributed by atoms with E-state index in [-0.39, 0.29) is 16.1 Å². The van der Waals surface area contributed by atoms with E-state index >= 15 is 0 Å². The third-order valence-electron chi connectivity index (χ3n) is 4.49. The molecule has 1 aliphatic rings. The Hall–Kier alpha value is -2.06. The van der Waals surface area contributed by atoms with Gasteiger partial charge < -0.3 is 4.90 Å². The van der Waals surface area contributed by atoms with Gasteiger partial charge in [-0.15, -0.1) is 11.8 Å². The molecule has 3 rings (SSSR count). The highest BCUT2D eigenvalue weighted by Crippen LogP contribution is 2.25. The van der Waals surface area contributed by atoms with E-state index in [4.69, 9.17) is 0 Å². The van der Waals surface area contributed by atoms with Crippen LogP contribution in [0.5, 0.6) is 0 Å². The summed E-state index contributed by atoms with van der Waals surface area (Å²) >= 11 is 1.62. The Morgan fingerprint density at radius 1 is 1.33 bits per heavy atom. The van der Waals surface area contributed by atoms with Gasteiger partial charge >= 0.3 is 0 Å². The minimum Gasteiger partial charge on any atom is -0.337 e. The van der Waals surface area contributed by atoms with Crippen molar-refractivity contribution in [2.45, 2.75) is 37.0 Å². The third-order valence-corrected chi connectivity index (χ3v) is 6.90. The molecule has 8 heteroatoms. The highest BCUT2D eigenvalue weighted by molar-refractivity contribution is 8.00. The number of benzene rings is 1. The summed E-state index contributed by atoms with van der Waals surface area (Å²) in [7, 11) is -3.71. The maximum absolute atomic E-state index is 12.7. The summed E-state index contributed by atoms with van der Waals surface area (Å²) in [5.41, 5.74) is 2.39. The van der Waals surface area contributed by atoms with Crippen LogP contribution in [0.1, 0.15) is 25.0 Å². The molecule has 2 heterocycles. The molecule has 6 nitrogen and oxygen atoms in total. The van der Waals surface area contributed by atoms with Crippen LogP contribution in [-0.2, 0) is 27.8 Å². The van der Waals surface area contributed by atoms with E-state index in [1.165, 1.54) is 6.20 Å². The van der Waals surface area contributed by atoms with E-state index in [9.17, 15) is 13.2 Å². The third kappa shape index (κ3) is 4.62. The van der Waals surface area contributed by atoms with Crippen molar-refractivity contribution in [1.82, 2.24) is 9.88 Å². The van der Waals surface area contributed by atoms with Gasteiger partial charge in [0.15, 0.2) is 0 Å². The van der Waals surface area contributed by atoms with Gasteiger partial charge in [-0.3, -0.25) is 14.5 Å². The Bertz CT molecular complexity index is 917. The van der Waals surface area contributed by atoms with Crippen molar-refractivity contribution in [3.05, 3.63) is 53.9 Å². The summed E-state index contributed by atoms with van der Waals surface area (Å²) in [6.45, 7) is 5.07. The summed E-state index contributed by atoms with van der Waals surface area (Å²) in [5, 5.41) is -0.0873. The van der Waals surface area contributed by atoms with Crippen LogP contribution >= 0.6 is 11.8 Å². The van der Waals surface area contributed by atoms with Crippen molar-refractivity contribution < 1.29 is 13.2 Å². The predicted octanol–water partition coefficient (Wildman–Crippen LogP) is 2.91. The normalized spacial score (nSPS) is 15.1. The SMILES string of the molecule is CCS[C@@H](C)C(=O)N1CCc2ccc(S(=O)(=O)Nc3cccnc3)cc2C1. The van der Waals surface area contributed by atoms with E-state index in [0.717, 1.165) is 23.3 Å². The number of carbonyl (C=O) groups is 1. The van der Waals surface area contributed by atoms with Crippen LogP contribution in [-0.4, -0.2) is 41.8 Å². The molecule has 1 aromatic carbocycles. The monoisotopic (exact) mass is 405 g/mol. The highest BCUT2D eigenvalue weighted by Gasteiger charge is 2.26. The zero-order valence-corrected chi connectivity index (χ0v) is 17.0. The minimum atomic E-state index is -3.71. The molecule has 0 bridgehead atoms. The first kappa shape index (κ1) is 19.7. The number of pyridine rings is 1. The molecule has 0 saturated heterocycles. The summed E-state index contributed by atoms with van der Waals surface area (Å²) in [6, 6.07) is 8.45. The molecule has 1 aromatic heterocycles. The minimum absolute atomic E-state index is 0.0873. The summed E-state index contributed by atoms with van der Waals surface area (Å²) < 4.78 is 27.9. The molecule has 27 heavy (non-hydrogen) atoms. The number of fused-ring (bicyclic) bond motifs is 1. The Morgan fingerprint density at radius 3 is 2.85 bits per heavy atom. The van der Waals surface area contributed by atoms with Crippen molar-refractivity contribution in [3.8, 4) is 0 Å². The topological polar surface area (TPSA) is 79.4 Å². The molecular formula is C19H23N3O3S2. The standard InChI is InChI=1S/C19H23N3O3S2/c1-3-26-14(2)19(23)22-10-8-15-6-7-18(11-16(15)13-22)27(24,25)21-17-5-4-9-20-12-17/h4-7,9,11-12,14,21H,3,8,10,13H2,1-2H3/t14-/m0/s1. The van der Waals surface area contributed by atoms with Crippen molar-refractivity contribution in [3.63, 3.8) is 0 Å². The van der Waals surface area contributed by atoms with Gasteiger partial charge in [-0.05, 0) is 54.5 Å². The Balaban J connectivity index is 1.80. The number of nitrogens with zero attached hydrogens (tertiary/aromatic N) is 2. The lowest BCUT2D eigenvalue weighted by molar-refractivity contribution is -0.131. The van der Waals surface area contributed by atoms with Crippen LogP contribution in [0.15, 0.2) is 47.6 Å². The van der Waals surface area contributed by atoms with Gasteiger partial charge in [-0.25, -0.2) is 8.42 Å². The zero-order chi connectivity index (χ0) is 19.4. The van der Waals surface area contributed by atoms with Crippen molar-refractivity contribution >= 4 is 33.4 Å². The van der Waals surface area contributed by atoms with Gasteiger partial charge in [0.2, 0.25) is 5.91 Å². The van der Waals surface area contributed by atoms with Crippen molar-refractivity contribution in [2.24, 2.45) is 0 Å². The molecule has 1 aliphatic heterocycles. The first-order valence-corrected chi connectivity index (χ1v) is 11.4. The first-order chi connectivity index (χ1) is 12.9. The van der Waals surface area contributed by atoms with Gasteiger partial charge in [-0.1, -0.05) is 13.0 Å². The van der Waals surface area contributed by atoms with Gasteiger partial charge in [0, 0.05) is 19.3 Å². The lowest BCUT2D eigenvalue weighted by Crippen LogP contribution is -2.40. The number of amides is 1. The summed E-state index contributed by atoms with van der Waals surface area (Å²) in [5.74, 6) is 0.994. The maximum atomic E-state index is 12.7. The number of rotatable bonds is 6. The van der Waals surface area contributed by atoms with E-state index in [2.05, 4.69) is 9.71 Å². The van der Waals surface area contributed by atoms with Crippen LogP contribution in [0, 0.1) is 0 Å². The van der Waals surface area contributed by atoms with Crippen LogP contribution in [0.25, 0.3) is 0 Å². The molecule has 1 amide bonds. The first-order valence-electron chi connectivity index (χ1n) is 8.85. The second-order valence-electron chi connectivity index (χ2n) is 6.39. The number of carbonyl (C=O) groups excluding carboxylic acids is 1. The fourth-order valence-electron chi connectivity index (χ4n) is 3.10. The average Bonchev–Trinajstić information content (AvgIpc) is 2.67. The number of sulfonamides is 1. The van der Waals surface area contributed by atoms with Crippen LogP contribution in [0.2, 0.25) is 0 Å². The number of hydrogen-bond acceptors (Lipinski definition) is 5. The quantitative estimate of drug-likeness (QED) is 0.799. The van der Waals surface area contributed by atoms with E-state index in [1.54, 1.807) is 42.2 Å². The predicted molar refractivity (Wildman–Crippen MR) is 108 cm³/mol. The van der Waals surface area contributed by atoms with Crippen molar-refractivity contribution in [2.75, 3.05) is 17.0 Å². The Labute approximate surface area is 164 Å². The van der Waals surface area contributed by atoms with E-state index in [1.807, 2.05) is 24.8 Å². The van der Waals surface area contributed by atoms with E-state index in [0.29, 0.717) is 18.8 Å². The number of nitrogens with one attached hydrogen (secondary N) is 1. The molecule has 0 fully saturated rings. The smallest absolute Gasteiger partial charge is 0.261 e. The molecule has 144 valence electrons. The molecule has 1 N–H and O–H groups in total. The number of aromatic nitrogens is 1. The van der Waals surface area contributed by atoms with Gasteiger partial charge in [0.1, 0.15) is 0 Å². The Kier molecular flexibility index (Phi) is 6.06. The number of thioether (sulfide) groups is 1. The largest absolute Gasteiger partial charge is 0.337 e.